The van der Waals surface area contributed by atoms with E-state index >= 15 is 0 Å². The molecule has 0 radical (unpaired) electrons. The monoisotopic (exact) mass is 510 g/mol. The fourth-order valence-corrected chi connectivity index (χ4v) is 6.67. The van der Waals surface area contributed by atoms with Crippen LogP contribution in [0.25, 0.3) is 5.69 Å². The van der Waals surface area contributed by atoms with Gasteiger partial charge in [-0.1, -0.05) is 49.2 Å². The minimum atomic E-state index is -0.287. The van der Waals surface area contributed by atoms with Gasteiger partial charge in [-0.2, -0.15) is 0 Å². The van der Waals surface area contributed by atoms with Gasteiger partial charge in [-0.05, 0) is 25.0 Å². The smallest absolute Gasteiger partial charge is 0.302 e. The fourth-order valence-electron chi connectivity index (χ4n) is 5.34. The van der Waals surface area contributed by atoms with Crippen LogP contribution in [0.2, 0.25) is 0 Å². The highest BCUT2D eigenvalue weighted by molar-refractivity contribution is 7.99. The first kappa shape index (κ1) is 25.0. The van der Waals surface area contributed by atoms with E-state index in [9.17, 15) is 14.4 Å². The van der Waals surface area contributed by atoms with Crippen LogP contribution in [0.4, 0.5) is 0 Å². The van der Waals surface area contributed by atoms with Crippen LogP contribution in [0.1, 0.15) is 50.3 Å². The first-order valence-electron chi connectivity index (χ1n) is 13.0. The van der Waals surface area contributed by atoms with Gasteiger partial charge in [0, 0.05) is 44.8 Å². The lowest BCUT2D eigenvalue weighted by Gasteiger charge is -2.41. The van der Waals surface area contributed by atoms with Crippen LogP contribution < -0.4 is 5.56 Å². The topological polar surface area (TPSA) is 84.7 Å². The van der Waals surface area contributed by atoms with Gasteiger partial charge in [0.05, 0.1) is 29.4 Å². The molecule has 0 atom stereocenters. The van der Waals surface area contributed by atoms with Crippen molar-refractivity contribution in [2.75, 3.05) is 32.8 Å². The Morgan fingerprint density at radius 3 is 2.58 bits per heavy atom. The second kappa shape index (κ2) is 11.2. The highest BCUT2D eigenvalue weighted by Crippen LogP contribution is 2.34. The summed E-state index contributed by atoms with van der Waals surface area (Å²) in [5, 5.41) is 1.27. The number of thioether (sulfide) groups is 1. The molecule has 1 saturated carbocycles. The van der Waals surface area contributed by atoms with E-state index in [1.807, 2.05) is 35.2 Å². The summed E-state index contributed by atoms with van der Waals surface area (Å²) in [7, 11) is 0. The molecule has 1 saturated heterocycles. The van der Waals surface area contributed by atoms with Crippen LogP contribution in [-0.2, 0) is 27.3 Å². The second-order valence-corrected chi connectivity index (χ2v) is 11.2. The molecule has 192 valence electrons. The summed E-state index contributed by atoms with van der Waals surface area (Å²) in [5.74, 6) is -0.268. The van der Waals surface area contributed by atoms with Crippen LogP contribution >= 0.6 is 11.8 Å². The van der Waals surface area contributed by atoms with Crippen LogP contribution in [0.15, 0.2) is 40.3 Å². The lowest BCUT2D eigenvalue weighted by molar-refractivity contribution is -0.146. The van der Waals surface area contributed by atoms with E-state index in [1.54, 1.807) is 16.3 Å². The van der Waals surface area contributed by atoms with Crippen molar-refractivity contribution in [2.45, 2.75) is 62.4 Å². The summed E-state index contributed by atoms with van der Waals surface area (Å²) in [6.07, 6.45) is 6.68. The van der Waals surface area contributed by atoms with E-state index in [2.05, 4.69) is 4.90 Å². The van der Waals surface area contributed by atoms with Crippen molar-refractivity contribution in [2.24, 2.45) is 5.92 Å². The number of benzene rings is 1. The molecule has 36 heavy (non-hydrogen) atoms. The first-order chi connectivity index (χ1) is 17.5. The van der Waals surface area contributed by atoms with E-state index in [0.717, 1.165) is 29.4 Å². The predicted molar refractivity (Wildman–Crippen MR) is 138 cm³/mol. The lowest BCUT2D eigenvalue weighted by atomic mass is 9.96. The summed E-state index contributed by atoms with van der Waals surface area (Å²) in [6, 6.07) is 9.73. The highest BCUT2D eigenvalue weighted by atomic mass is 32.2. The highest BCUT2D eigenvalue weighted by Gasteiger charge is 2.37. The molecule has 9 heteroatoms. The molecule has 5 rings (SSSR count). The lowest BCUT2D eigenvalue weighted by Crippen LogP contribution is -2.56. The number of esters is 1. The number of ether oxygens (including phenoxy) is 1. The Labute approximate surface area is 216 Å². The Balaban J connectivity index is 1.33. The zero-order valence-corrected chi connectivity index (χ0v) is 21.7. The quantitative estimate of drug-likeness (QED) is 0.418. The van der Waals surface area contributed by atoms with E-state index in [4.69, 9.17) is 9.72 Å². The number of carbonyl (C=O) groups excluding carboxylic acids is 2. The minimum absolute atomic E-state index is 0.0568. The van der Waals surface area contributed by atoms with Crippen LogP contribution in [0.5, 0.6) is 0 Å². The molecule has 0 N–H and O–H groups in total. The molecular formula is C27H34N4O4S. The zero-order chi connectivity index (χ0) is 25.1. The van der Waals surface area contributed by atoms with Crippen molar-refractivity contribution in [1.82, 2.24) is 19.4 Å². The van der Waals surface area contributed by atoms with Gasteiger partial charge in [0.25, 0.3) is 5.56 Å². The third kappa shape index (κ3) is 5.52. The summed E-state index contributed by atoms with van der Waals surface area (Å²) in [6.45, 7) is 4.60. The molecule has 0 unspecified atom stereocenters. The molecule has 1 aromatic heterocycles. The molecule has 0 spiro atoms. The number of amides is 1. The Morgan fingerprint density at radius 1 is 1.11 bits per heavy atom. The molecule has 1 aliphatic carbocycles. The molecule has 0 bridgehead atoms. The van der Waals surface area contributed by atoms with Gasteiger partial charge in [-0.3, -0.25) is 23.9 Å². The number of hydrogen-bond donors (Lipinski definition) is 0. The van der Waals surface area contributed by atoms with Crippen molar-refractivity contribution < 1.29 is 14.3 Å². The van der Waals surface area contributed by atoms with E-state index < -0.39 is 0 Å². The summed E-state index contributed by atoms with van der Waals surface area (Å²) in [5.41, 5.74) is 2.24. The van der Waals surface area contributed by atoms with Gasteiger partial charge in [-0.15, -0.1) is 0 Å². The molecule has 3 heterocycles. The molecular weight excluding hydrogens is 476 g/mol. The molecule has 2 fully saturated rings. The molecule has 3 aliphatic rings. The minimum Gasteiger partial charge on any atom is -0.465 e. The predicted octanol–water partition coefficient (Wildman–Crippen LogP) is 3.04. The van der Waals surface area contributed by atoms with Crippen LogP contribution in [-0.4, -0.2) is 69.3 Å². The Morgan fingerprint density at radius 2 is 1.86 bits per heavy atom. The largest absolute Gasteiger partial charge is 0.465 e. The number of fused-ring (bicyclic) bond motifs is 1. The average molecular weight is 511 g/mol. The maximum absolute atomic E-state index is 13.8. The molecule has 2 aliphatic heterocycles. The van der Waals surface area contributed by atoms with Crippen LogP contribution in [0.3, 0.4) is 0 Å². The molecule has 8 nitrogen and oxygen atoms in total. The van der Waals surface area contributed by atoms with E-state index in [-0.39, 0.29) is 23.4 Å². The number of para-hydroxylation sites is 1. The van der Waals surface area contributed by atoms with Gasteiger partial charge in [-0.25, -0.2) is 4.98 Å². The Kier molecular flexibility index (Phi) is 7.76. The SMILES string of the molecule is CC(=O)OCCN1CC(C(=O)N2CCc3nc(SC4CCCCC4)n(-c4ccccc4)c(=O)c3C2)C1. The van der Waals surface area contributed by atoms with Gasteiger partial charge >= 0.3 is 5.97 Å². The number of likely N-dealkylation sites (tertiary alicyclic amines) is 1. The summed E-state index contributed by atoms with van der Waals surface area (Å²) in [4.78, 5) is 46.9. The van der Waals surface area contributed by atoms with Crippen molar-refractivity contribution in [1.29, 1.82) is 0 Å². The Bertz CT molecular complexity index is 1160. The standard InChI is InChI=1S/C27H34N4O4S/c1-19(32)35-15-14-29-16-20(17-29)25(33)30-13-12-24-23(18-30)26(34)31(21-8-4-2-5-9-21)27(28-24)36-22-10-6-3-7-11-22/h2,4-5,8-9,20,22H,3,6-7,10-18H2,1H3. The van der Waals surface area contributed by atoms with Crippen molar-refractivity contribution >= 4 is 23.6 Å². The van der Waals surface area contributed by atoms with Gasteiger partial charge < -0.3 is 9.64 Å². The summed E-state index contributed by atoms with van der Waals surface area (Å²) >= 11 is 1.74. The van der Waals surface area contributed by atoms with Crippen molar-refractivity contribution in [3.05, 3.63) is 51.9 Å². The van der Waals surface area contributed by atoms with Gasteiger partial charge in [0.1, 0.15) is 6.61 Å². The normalized spacial score (nSPS) is 19.0. The van der Waals surface area contributed by atoms with Gasteiger partial charge in [0.2, 0.25) is 5.91 Å². The molecule has 1 amide bonds. The number of nitrogens with zero attached hydrogens (tertiary/aromatic N) is 4. The van der Waals surface area contributed by atoms with E-state index in [1.165, 1.54) is 26.2 Å². The van der Waals surface area contributed by atoms with E-state index in [0.29, 0.717) is 56.6 Å². The number of carbonyl (C=O) groups is 2. The maximum Gasteiger partial charge on any atom is 0.302 e. The number of hydrogen-bond acceptors (Lipinski definition) is 7. The summed E-state index contributed by atoms with van der Waals surface area (Å²) < 4.78 is 6.75. The second-order valence-electron chi connectivity index (χ2n) is 9.98. The van der Waals surface area contributed by atoms with Gasteiger partial charge in [0.15, 0.2) is 5.16 Å². The maximum atomic E-state index is 13.8. The molecule has 1 aromatic carbocycles. The fraction of sp³-hybridized carbons (Fsp3) is 0.556. The van der Waals surface area contributed by atoms with Crippen molar-refractivity contribution in [3.8, 4) is 5.69 Å². The third-order valence-corrected chi connectivity index (χ3v) is 8.66. The molecule has 2 aromatic rings. The zero-order valence-electron chi connectivity index (χ0n) is 20.9. The van der Waals surface area contributed by atoms with Crippen LogP contribution in [0, 0.1) is 5.92 Å². The van der Waals surface area contributed by atoms with Crippen molar-refractivity contribution in [3.63, 3.8) is 0 Å². The first-order valence-corrected chi connectivity index (χ1v) is 13.9. The number of rotatable bonds is 7. The average Bonchev–Trinajstić information content (AvgIpc) is 2.86. The Hall–Kier alpha value is -2.65. The number of aromatic nitrogens is 2. The third-order valence-electron chi connectivity index (χ3n) is 7.37.